The molecule has 7 rings (SSSR count). The molecule has 0 saturated carbocycles. The Kier molecular flexibility index (Phi) is 7.57. The van der Waals surface area contributed by atoms with E-state index in [1.165, 1.54) is 58.7 Å². The van der Waals surface area contributed by atoms with E-state index < -0.39 is 16.0 Å². The summed E-state index contributed by atoms with van der Waals surface area (Å²) >= 11 is 1.80. The van der Waals surface area contributed by atoms with Gasteiger partial charge in [-0.1, -0.05) is 145 Å². The van der Waals surface area contributed by atoms with Gasteiger partial charge < -0.3 is 4.57 Å². The van der Waals surface area contributed by atoms with Crippen molar-refractivity contribution in [1.82, 2.24) is 4.57 Å². The first kappa shape index (κ1) is 27.9. The van der Waals surface area contributed by atoms with Crippen LogP contribution in [0.25, 0.3) is 27.5 Å². The lowest BCUT2D eigenvalue weighted by Crippen LogP contribution is -2.53. The van der Waals surface area contributed by atoms with E-state index in [0.717, 1.165) is 0 Å². The highest BCUT2D eigenvalue weighted by molar-refractivity contribution is 7.98. The highest BCUT2D eigenvalue weighted by Gasteiger charge is 2.28. The largest absolute Gasteiger partial charge is 0.309 e. The molecule has 43 heavy (non-hydrogen) atoms. The lowest BCUT2D eigenvalue weighted by Gasteiger charge is -2.26. The van der Waals surface area contributed by atoms with Crippen molar-refractivity contribution < 1.29 is 0 Å². The summed E-state index contributed by atoms with van der Waals surface area (Å²) in [6.07, 6.45) is 2.15. The zero-order chi connectivity index (χ0) is 29.4. The van der Waals surface area contributed by atoms with Gasteiger partial charge in [0.2, 0.25) is 0 Å². The number of benzene rings is 6. The molecule has 0 atom stereocenters. The van der Waals surface area contributed by atoms with Crippen molar-refractivity contribution in [1.29, 1.82) is 0 Å². The van der Waals surface area contributed by atoms with Crippen LogP contribution in [-0.4, -0.2) is 18.9 Å². The quantitative estimate of drug-likeness (QED) is 0.101. The third-order valence-electron chi connectivity index (χ3n) is 8.57. The molecule has 1 heterocycles. The smallest absolute Gasteiger partial charge is 0.112 e. The number of thioether (sulfide) groups is 1. The van der Waals surface area contributed by atoms with Gasteiger partial charge in [-0.2, -0.15) is 0 Å². The normalized spacial score (nSPS) is 11.9. The molecule has 6 aromatic carbocycles. The van der Waals surface area contributed by atoms with Gasteiger partial charge in [-0.05, 0) is 60.4 Å². The molecule has 0 amide bonds. The topological polar surface area (TPSA) is 4.93 Å². The molecule has 1 nitrogen and oxygen atoms in total. The van der Waals surface area contributed by atoms with Gasteiger partial charge in [0.1, 0.15) is 8.07 Å². The lowest BCUT2D eigenvalue weighted by molar-refractivity contribution is 1.17. The molecule has 0 bridgehead atoms. The summed E-state index contributed by atoms with van der Waals surface area (Å²) in [6, 6.07) is 56.5. The van der Waals surface area contributed by atoms with Crippen molar-refractivity contribution in [2.75, 3.05) is 6.26 Å². The van der Waals surface area contributed by atoms with E-state index in [1.807, 2.05) is 0 Å². The van der Waals surface area contributed by atoms with Gasteiger partial charge in [-0.15, -0.1) is 11.8 Å². The van der Waals surface area contributed by atoms with E-state index in [4.69, 9.17) is 0 Å². The predicted molar refractivity (Wildman–Crippen MR) is 194 cm³/mol. The number of rotatable bonds is 7. The highest BCUT2D eigenvalue weighted by atomic mass is 32.2. The third-order valence-corrected chi connectivity index (χ3v) is 15.2. The SMILES string of the molecule is CSc1ccc2c3ccc([Si](C)(C)c4cccc(P(c5ccccc5)c5ccccc5)c4)cc3n(-c3ccccc3)c2c1. The van der Waals surface area contributed by atoms with Crippen molar-refractivity contribution >= 4 is 75.9 Å². The maximum atomic E-state index is 2.51. The van der Waals surface area contributed by atoms with E-state index >= 15 is 0 Å². The Hall–Kier alpha value is -3.88. The predicted octanol–water partition coefficient (Wildman–Crippen LogP) is 8.09. The van der Waals surface area contributed by atoms with Gasteiger partial charge in [0.15, 0.2) is 0 Å². The Labute approximate surface area is 261 Å². The molecule has 0 aliphatic rings. The van der Waals surface area contributed by atoms with Crippen molar-refractivity contribution in [3.63, 3.8) is 0 Å². The fraction of sp³-hybridized carbons (Fsp3) is 0.0769. The van der Waals surface area contributed by atoms with Crippen LogP contribution in [0.15, 0.2) is 157 Å². The van der Waals surface area contributed by atoms with E-state index in [9.17, 15) is 0 Å². The lowest BCUT2D eigenvalue weighted by atomic mass is 10.1. The molecule has 0 aliphatic heterocycles. The summed E-state index contributed by atoms with van der Waals surface area (Å²) in [5.74, 6) is 0. The fourth-order valence-corrected chi connectivity index (χ4v) is 11.4. The summed E-state index contributed by atoms with van der Waals surface area (Å²) < 4.78 is 2.46. The molecule has 0 saturated heterocycles. The summed E-state index contributed by atoms with van der Waals surface area (Å²) in [5.41, 5.74) is 3.75. The van der Waals surface area contributed by atoms with E-state index in [1.54, 1.807) is 11.8 Å². The molecule has 4 heteroatoms. The minimum Gasteiger partial charge on any atom is -0.309 e. The monoisotopic (exact) mass is 607 g/mol. The molecule has 0 spiro atoms. The van der Waals surface area contributed by atoms with Gasteiger partial charge >= 0.3 is 0 Å². The first-order chi connectivity index (χ1) is 21.0. The Morgan fingerprint density at radius 2 is 1.05 bits per heavy atom. The van der Waals surface area contributed by atoms with Crippen LogP contribution in [0, 0.1) is 0 Å². The van der Waals surface area contributed by atoms with E-state index in [0.29, 0.717) is 0 Å². The van der Waals surface area contributed by atoms with Gasteiger partial charge in [0, 0.05) is 21.4 Å². The molecule has 0 aliphatic carbocycles. The van der Waals surface area contributed by atoms with E-state index in [-0.39, 0.29) is 0 Å². The molecule has 210 valence electrons. The third kappa shape index (κ3) is 5.16. The van der Waals surface area contributed by atoms with E-state index in [2.05, 4.69) is 176 Å². The van der Waals surface area contributed by atoms with Crippen LogP contribution >= 0.6 is 19.7 Å². The highest BCUT2D eigenvalue weighted by Crippen LogP contribution is 2.35. The fourth-order valence-electron chi connectivity index (χ4n) is 6.17. The first-order valence-corrected chi connectivity index (χ1v) is 20.3. The molecular weight excluding hydrogens is 574 g/mol. The van der Waals surface area contributed by atoms with Gasteiger partial charge in [0.05, 0.1) is 11.0 Å². The standard InChI is InChI=1S/C39H34NPSSi/c1-42-33-22-24-36-37-25-23-35(28-39(37)40(38(36)27-33)29-14-7-4-8-15-29)43(2,3)34-21-13-20-32(26-34)41(30-16-9-5-10-17-30)31-18-11-6-12-19-31/h4-28H,1-3H3. The Morgan fingerprint density at radius 1 is 0.512 bits per heavy atom. The molecule has 0 unspecified atom stereocenters. The molecule has 0 fully saturated rings. The minimum absolute atomic E-state index is 0.645. The summed E-state index contributed by atoms with van der Waals surface area (Å²) in [6.45, 7) is 5.00. The van der Waals surface area contributed by atoms with Crippen molar-refractivity contribution in [2.45, 2.75) is 18.0 Å². The van der Waals surface area contributed by atoms with Crippen molar-refractivity contribution in [2.24, 2.45) is 0 Å². The number of nitrogens with zero attached hydrogens (tertiary/aromatic N) is 1. The van der Waals surface area contributed by atoms with Crippen LogP contribution in [0.5, 0.6) is 0 Å². The summed E-state index contributed by atoms with van der Waals surface area (Å²) in [5, 5.41) is 9.72. The second-order valence-corrected chi connectivity index (χ2v) is 19.0. The average Bonchev–Trinajstić information content (AvgIpc) is 3.39. The Morgan fingerprint density at radius 3 is 1.67 bits per heavy atom. The zero-order valence-corrected chi connectivity index (χ0v) is 27.4. The van der Waals surface area contributed by atoms with Gasteiger partial charge in [-0.25, -0.2) is 0 Å². The Bertz CT molecular complexity index is 2000. The zero-order valence-electron chi connectivity index (χ0n) is 24.7. The van der Waals surface area contributed by atoms with Gasteiger partial charge in [-0.3, -0.25) is 0 Å². The molecular formula is C39H34NPSSi. The van der Waals surface area contributed by atoms with Crippen LogP contribution in [0.1, 0.15) is 0 Å². The molecule has 7 aromatic rings. The van der Waals surface area contributed by atoms with Crippen LogP contribution < -0.4 is 26.3 Å². The number of hydrogen-bond donors (Lipinski definition) is 0. The van der Waals surface area contributed by atoms with Crippen molar-refractivity contribution in [3.05, 3.63) is 152 Å². The number of aromatic nitrogens is 1. The van der Waals surface area contributed by atoms with Crippen LogP contribution in [0.3, 0.4) is 0 Å². The second-order valence-electron chi connectivity index (χ2n) is 11.5. The van der Waals surface area contributed by atoms with Crippen LogP contribution in [0.4, 0.5) is 0 Å². The van der Waals surface area contributed by atoms with Gasteiger partial charge in [0.25, 0.3) is 0 Å². The summed E-state index contributed by atoms with van der Waals surface area (Å²) in [4.78, 5) is 1.28. The average molecular weight is 608 g/mol. The first-order valence-electron chi connectivity index (χ1n) is 14.7. The maximum Gasteiger partial charge on any atom is 0.112 e. The number of hydrogen-bond acceptors (Lipinski definition) is 1. The molecule has 0 N–H and O–H groups in total. The van der Waals surface area contributed by atoms with Crippen LogP contribution in [-0.2, 0) is 0 Å². The minimum atomic E-state index is -2.05. The number of fused-ring (bicyclic) bond motifs is 3. The molecule has 1 aromatic heterocycles. The summed E-state index contributed by atoms with van der Waals surface area (Å²) in [7, 11) is -2.69. The second kappa shape index (κ2) is 11.7. The van der Waals surface area contributed by atoms with Crippen molar-refractivity contribution in [3.8, 4) is 5.69 Å². The Balaban J connectivity index is 1.38. The van der Waals surface area contributed by atoms with Crippen LogP contribution in [0.2, 0.25) is 13.1 Å². The molecule has 0 radical (unpaired) electrons. The number of para-hydroxylation sites is 1. The maximum absolute atomic E-state index is 2.51.